The van der Waals surface area contributed by atoms with E-state index in [1.807, 2.05) is 6.92 Å². The van der Waals surface area contributed by atoms with Crippen molar-refractivity contribution in [3.8, 4) is 16.9 Å². The maximum Gasteiger partial charge on any atom is 0.416 e. The summed E-state index contributed by atoms with van der Waals surface area (Å²) >= 11 is 0. The van der Waals surface area contributed by atoms with E-state index in [0.717, 1.165) is 12.1 Å². The zero-order valence-corrected chi connectivity index (χ0v) is 12.3. The second kappa shape index (κ2) is 5.61. The molecule has 120 valence electrons. The molecule has 0 spiro atoms. The van der Waals surface area contributed by atoms with Crippen molar-refractivity contribution in [1.29, 1.82) is 0 Å². The predicted molar refractivity (Wildman–Crippen MR) is 79.3 cm³/mol. The summed E-state index contributed by atoms with van der Waals surface area (Å²) < 4.78 is 43.4. The van der Waals surface area contributed by atoms with Gasteiger partial charge < -0.3 is 10.1 Å². The molecule has 1 amide bonds. The molecule has 23 heavy (non-hydrogen) atoms. The maximum absolute atomic E-state index is 12.6. The van der Waals surface area contributed by atoms with Gasteiger partial charge in [0.05, 0.1) is 17.2 Å². The Morgan fingerprint density at radius 3 is 2.39 bits per heavy atom. The van der Waals surface area contributed by atoms with Crippen LogP contribution in [-0.2, 0) is 6.18 Å². The summed E-state index contributed by atoms with van der Waals surface area (Å²) in [6.45, 7) is 2.21. The number of hydrogen-bond donors (Lipinski definition) is 1. The lowest BCUT2D eigenvalue weighted by Gasteiger charge is -2.10. The largest absolute Gasteiger partial charge is 0.491 e. The number of rotatable bonds is 1. The van der Waals surface area contributed by atoms with Gasteiger partial charge >= 0.3 is 6.18 Å². The fourth-order valence-electron chi connectivity index (χ4n) is 2.42. The lowest BCUT2D eigenvalue weighted by Crippen LogP contribution is -2.33. The molecule has 0 aliphatic carbocycles. The van der Waals surface area contributed by atoms with Crippen LogP contribution in [0.1, 0.15) is 22.8 Å². The van der Waals surface area contributed by atoms with Crippen LogP contribution in [0.2, 0.25) is 0 Å². The fraction of sp³-hybridized carbons (Fsp3) is 0.235. The first-order valence-electron chi connectivity index (χ1n) is 7.10. The van der Waals surface area contributed by atoms with Gasteiger partial charge in [0.2, 0.25) is 0 Å². The molecule has 0 saturated heterocycles. The van der Waals surface area contributed by atoms with Crippen molar-refractivity contribution in [2.24, 2.45) is 0 Å². The van der Waals surface area contributed by atoms with Gasteiger partial charge in [0, 0.05) is 0 Å². The first-order chi connectivity index (χ1) is 10.8. The zero-order valence-electron chi connectivity index (χ0n) is 12.3. The van der Waals surface area contributed by atoms with Crippen LogP contribution < -0.4 is 10.1 Å². The van der Waals surface area contributed by atoms with Crippen LogP contribution in [0.25, 0.3) is 11.1 Å². The summed E-state index contributed by atoms with van der Waals surface area (Å²) in [6.07, 6.45) is -4.36. The molecule has 1 N–H and O–H groups in total. The third-order valence-corrected chi connectivity index (χ3v) is 3.64. The summed E-state index contributed by atoms with van der Waals surface area (Å²) in [4.78, 5) is 12.1. The van der Waals surface area contributed by atoms with Gasteiger partial charge in [-0.05, 0) is 42.3 Å². The molecule has 2 aromatic rings. The van der Waals surface area contributed by atoms with Crippen molar-refractivity contribution in [2.75, 3.05) is 6.61 Å². The Morgan fingerprint density at radius 2 is 1.74 bits per heavy atom. The van der Waals surface area contributed by atoms with Gasteiger partial charge in [0.1, 0.15) is 12.4 Å². The minimum Gasteiger partial charge on any atom is -0.491 e. The molecule has 0 radical (unpaired) electrons. The Labute approximate surface area is 131 Å². The molecule has 0 fully saturated rings. The molecule has 0 aromatic heterocycles. The number of ether oxygens (including phenoxy) is 1. The Bertz CT molecular complexity index is 738. The van der Waals surface area contributed by atoms with Gasteiger partial charge in [-0.3, -0.25) is 4.79 Å². The summed E-state index contributed by atoms with van der Waals surface area (Å²) in [5, 5.41) is 2.79. The molecule has 1 aliphatic rings. The molecule has 0 bridgehead atoms. The third-order valence-electron chi connectivity index (χ3n) is 3.64. The Kier molecular flexibility index (Phi) is 3.75. The number of carbonyl (C=O) groups is 1. The number of fused-ring (bicyclic) bond motifs is 1. The molecule has 2 aromatic carbocycles. The number of amides is 1. The highest BCUT2D eigenvalue weighted by atomic mass is 19.4. The quantitative estimate of drug-likeness (QED) is 0.865. The second-order valence-electron chi connectivity index (χ2n) is 5.47. The smallest absolute Gasteiger partial charge is 0.416 e. The summed E-state index contributed by atoms with van der Waals surface area (Å²) in [5.74, 6) is 0.223. The minimum atomic E-state index is -4.36. The number of carbonyl (C=O) groups excluding carboxylic acids is 1. The van der Waals surface area contributed by atoms with E-state index in [2.05, 4.69) is 5.32 Å². The van der Waals surface area contributed by atoms with E-state index in [9.17, 15) is 18.0 Å². The van der Waals surface area contributed by atoms with Crippen molar-refractivity contribution < 1.29 is 22.7 Å². The van der Waals surface area contributed by atoms with Crippen LogP contribution in [0.5, 0.6) is 5.75 Å². The molecule has 3 rings (SSSR count). The number of alkyl halides is 3. The van der Waals surface area contributed by atoms with Crippen molar-refractivity contribution in [3.05, 3.63) is 53.6 Å². The van der Waals surface area contributed by atoms with Crippen LogP contribution >= 0.6 is 0 Å². The topological polar surface area (TPSA) is 38.3 Å². The highest BCUT2D eigenvalue weighted by Crippen LogP contribution is 2.32. The molecule has 1 aliphatic heterocycles. The van der Waals surface area contributed by atoms with Gasteiger partial charge in [-0.1, -0.05) is 18.2 Å². The van der Waals surface area contributed by atoms with Crippen molar-refractivity contribution >= 4 is 5.91 Å². The van der Waals surface area contributed by atoms with Gasteiger partial charge in [-0.25, -0.2) is 0 Å². The minimum absolute atomic E-state index is 0.107. The van der Waals surface area contributed by atoms with Crippen LogP contribution in [0.15, 0.2) is 42.5 Å². The Balaban J connectivity index is 1.96. The van der Waals surface area contributed by atoms with Crippen molar-refractivity contribution in [2.45, 2.75) is 19.1 Å². The van der Waals surface area contributed by atoms with Gasteiger partial charge in [-0.15, -0.1) is 0 Å². The van der Waals surface area contributed by atoms with E-state index in [-0.39, 0.29) is 11.9 Å². The van der Waals surface area contributed by atoms with Gasteiger partial charge in [-0.2, -0.15) is 13.2 Å². The highest BCUT2D eigenvalue weighted by molar-refractivity contribution is 5.98. The fourth-order valence-corrected chi connectivity index (χ4v) is 2.42. The maximum atomic E-state index is 12.6. The lowest BCUT2D eigenvalue weighted by atomic mass is 10.0. The van der Waals surface area contributed by atoms with Crippen LogP contribution in [-0.4, -0.2) is 18.6 Å². The molecular weight excluding hydrogens is 307 g/mol. The van der Waals surface area contributed by atoms with Crippen LogP contribution in [0.4, 0.5) is 13.2 Å². The predicted octanol–water partition coefficient (Wildman–Crippen LogP) is 3.88. The van der Waals surface area contributed by atoms with E-state index in [1.165, 1.54) is 12.1 Å². The third kappa shape index (κ3) is 3.16. The monoisotopic (exact) mass is 321 g/mol. The van der Waals surface area contributed by atoms with Gasteiger partial charge in [0.15, 0.2) is 0 Å². The average Bonchev–Trinajstić information content (AvgIpc) is 2.65. The van der Waals surface area contributed by atoms with E-state index in [4.69, 9.17) is 4.74 Å². The van der Waals surface area contributed by atoms with E-state index in [1.54, 1.807) is 18.2 Å². The number of hydrogen-bond acceptors (Lipinski definition) is 2. The standard InChI is InChI=1S/C17H14F3NO2/c1-10-9-23-15-7-4-12(8-14(15)16(22)21-10)11-2-5-13(6-3-11)17(18,19)20/h2-8,10H,9H2,1H3,(H,21,22). The summed E-state index contributed by atoms with van der Waals surface area (Å²) in [6, 6.07) is 9.75. The second-order valence-corrected chi connectivity index (χ2v) is 5.47. The van der Waals surface area contributed by atoms with Gasteiger partial charge in [0.25, 0.3) is 5.91 Å². The Morgan fingerprint density at radius 1 is 1.09 bits per heavy atom. The number of halogens is 3. The first-order valence-corrected chi connectivity index (χ1v) is 7.10. The van der Waals surface area contributed by atoms with E-state index in [0.29, 0.717) is 29.0 Å². The Hall–Kier alpha value is -2.50. The number of nitrogens with one attached hydrogen (secondary N) is 1. The highest BCUT2D eigenvalue weighted by Gasteiger charge is 2.30. The SMILES string of the molecule is CC1COc2ccc(-c3ccc(C(F)(F)F)cc3)cc2C(=O)N1. The molecule has 3 nitrogen and oxygen atoms in total. The summed E-state index contributed by atoms with van der Waals surface area (Å²) in [5.41, 5.74) is 0.939. The first kappa shape index (κ1) is 15.4. The zero-order chi connectivity index (χ0) is 16.6. The average molecular weight is 321 g/mol. The van der Waals surface area contributed by atoms with E-state index >= 15 is 0 Å². The summed E-state index contributed by atoms with van der Waals surface area (Å²) in [7, 11) is 0. The lowest BCUT2D eigenvalue weighted by molar-refractivity contribution is -0.137. The molecule has 6 heteroatoms. The molecule has 0 saturated carbocycles. The molecule has 1 heterocycles. The van der Waals surface area contributed by atoms with Crippen molar-refractivity contribution in [3.63, 3.8) is 0 Å². The van der Waals surface area contributed by atoms with Crippen LogP contribution in [0, 0.1) is 0 Å². The number of benzene rings is 2. The van der Waals surface area contributed by atoms with Crippen LogP contribution in [0.3, 0.4) is 0 Å². The van der Waals surface area contributed by atoms with Crippen molar-refractivity contribution in [1.82, 2.24) is 5.32 Å². The molecular formula is C17H14F3NO2. The molecule has 1 atom stereocenters. The normalized spacial score (nSPS) is 17.7. The van der Waals surface area contributed by atoms with E-state index < -0.39 is 11.7 Å². The molecule has 1 unspecified atom stereocenters.